The summed E-state index contributed by atoms with van der Waals surface area (Å²) >= 11 is 0. The third-order valence-corrected chi connectivity index (χ3v) is 3.38. The van der Waals surface area contributed by atoms with Gasteiger partial charge in [0.15, 0.2) is 0 Å². The molecule has 0 radical (unpaired) electrons. The number of carbonyl (C=O) groups excluding carboxylic acids is 1. The Hall–Kier alpha value is -0.570. The molecule has 0 bridgehead atoms. The zero-order valence-electron chi connectivity index (χ0n) is 12.0. The van der Waals surface area contributed by atoms with Crippen LogP contribution in [0.2, 0.25) is 0 Å². The standard InChI is InChI=1S/C14H28N2O/c1-6-7-8-16-13(11(4)5)15-12(14(16)17)9-10(2)3/h10-13,15H,6-9H2,1-5H3. The molecule has 1 rings (SSSR count). The lowest BCUT2D eigenvalue weighted by Gasteiger charge is -2.27. The fraction of sp³-hybridized carbons (Fsp3) is 0.929. The molecule has 1 fully saturated rings. The van der Waals surface area contributed by atoms with Crippen LogP contribution in [0, 0.1) is 11.8 Å². The fourth-order valence-corrected chi connectivity index (χ4v) is 2.47. The van der Waals surface area contributed by atoms with Gasteiger partial charge in [0.1, 0.15) is 0 Å². The highest BCUT2D eigenvalue weighted by atomic mass is 16.2. The van der Waals surface area contributed by atoms with E-state index in [4.69, 9.17) is 0 Å². The predicted molar refractivity (Wildman–Crippen MR) is 71.6 cm³/mol. The SMILES string of the molecule is CCCCN1C(=O)C(CC(C)C)NC1C(C)C. The monoisotopic (exact) mass is 240 g/mol. The number of hydrogen-bond acceptors (Lipinski definition) is 2. The highest BCUT2D eigenvalue weighted by Gasteiger charge is 2.39. The van der Waals surface area contributed by atoms with Gasteiger partial charge in [0.2, 0.25) is 5.91 Å². The first-order valence-corrected chi connectivity index (χ1v) is 7.03. The van der Waals surface area contributed by atoms with E-state index in [-0.39, 0.29) is 12.2 Å². The molecule has 3 nitrogen and oxygen atoms in total. The summed E-state index contributed by atoms with van der Waals surface area (Å²) in [4.78, 5) is 14.4. The van der Waals surface area contributed by atoms with E-state index < -0.39 is 0 Å². The Kier molecular flexibility index (Phi) is 5.44. The number of hydrogen-bond donors (Lipinski definition) is 1. The second-order valence-electron chi connectivity index (χ2n) is 5.92. The lowest BCUT2D eigenvalue weighted by Crippen LogP contribution is -2.41. The van der Waals surface area contributed by atoms with Crippen molar-refractivity contribution in [2.75, 3.05) is 6.54 Å². The molecule has 100 valence electrons. The van der Waals surface area contributed by atoms with Crippen LogP contribution in [0.1, 0.15) is 53.9 Å². The van der Waals surface area contributed by atoms with Crippen LogP contribution in [0.25, 0.3) is 0 Å². The van der Waals surface area contributed by atoms with E-state index >= 15 is 0 Å². The topological polar surface area (TPSA) is 32.3 Å². The average molecular weight is 240 g/mol. The normalized spacial score (nSPS) is 25.4. The molecule has 0 aliphatic carbocycles. The molecule has 0 aromatic rings. The van der Waals surface area contributed by atoms with Crippen LogP contribution in [-0.4, -0.2) is 29.6 Å². The molecule has 0 saturated carbocycles. The van der Waals surface area contributed by atoms with Crippen molar-refractivity contribution in [1.82, 2.24) is 10.2 Å². The second kappa shape index (κ2) is 6.39. The summed E-state index contributed by atoms with van der Waals surface area (Å²) in [6, 6.07) is 0.0410. The molecule has 2 atom stereocenters. The minimum atomic E-state index is 0.0410. The molecule has 1 heterocycles. The highest BCUT2D eigenvalue weighted by Crippen LogP contribution is 2.21. The molecule has 3 heteroatoms. The van der Waals surface area contributed by atoms with Crippen molar-refractivity contribution >= 4 is 5.91 Å². The van der Waals surface area contributed by atoms with Gasteiger partial charge in [-0.15, -0.1) is 0 Å². The molecule has 1 aliphatic heterocycles. The van der Waals surface area contributed by atoms with Crippen molar-refractivity contribution in [1.29, 1.82) is 0 Å². The first-order valence-electron chi connectivity index (χ1n) is 7.03. The van der Waals surface area contributed by atoms with Crippen molar-refractivity contribution < 1.29 is 4.79 Å². The Morgan fingerprint density at radius 3 is 2.41 bits per heavy atom. The molecule has 1 N–H and O–H groups in total. The summed E-state index contributed by atoms with van der Waals surface area (Å²) < 4.78 is 0. The van der Waals surface area contributed by atoms with Crippen LogP contribution in [0.3, 0.4) is 0 Å². The summed E-state index contributed by atoms with van der Waals surface area (Å²) in [5.74, 6) is 1.36. The largest absolute Gasteiger partial charge is 0.326 e. The molecule has 2 unspecified atom stereocenters. The van der Waals surface area contributed by atoms with Gasteiger partial charge in [-0.1, -0.05) is 41.0 Å². The third kappa shape index (κ3) is 3.70. The Morgan fingerprint density at radius 1 is 1.29 bits per heavy atom. The zero-order chi connectivity index (χ0) is 13.0. The lowest BCUT2D eigenvalue weighted by molar-refractivity contribution is -0.130. The van der Waals surface area contributed by atoms with E-state index in [0.717, 1.165) is 25.8 Å². The fourth-order valence-electron chi connectivity index (χ4n) is 2.47. The first kappa shape index (κ1) is 14.5. The van der Waals surface area contributed by atoms with Gasteiger partial charge in [-0.25, -0.2) is 0 Å². The Balaban J connectivity index is 2.67. The predicted octanol–water partition coefficient (Wildman–Crippen LogP) is 2.62. The molecule has 0 aromatic heterocycles. The maximum atomic E-state index is 12.3. The summed E-state index contributed by atoms with van der Waals surface area (Å²) in [7, 11) is 0. The van der Waals surface area contributed by atoms with E-state index in [1.807, 2.05) is 0 Å². The van der Waals surface area contributed by atoms with Crippen LogP contribution >= 0.6 is 0 Å². The Morgan fingerprint density at radius 2 is 1.94 bits per heavy atom. The van der Waals surface area contributed by atoms with Crippen molar-refractivity contribution in [2.24, 2.45) is 11.8 Å². The van der Waals surface area contributed by atoms with E-state index in [1.54, 1.807) is 0 Å². The van der Waals surface area contributed by atoms with Gasteiger partial charge in [0.25, 0.3) is 0 Å². The maximum absolute atomic E-state index is 12.3. The quantitative estimate of drug-likeness (QED) is 0.774. The molecular weight excluding hydrogens is 212 g/mol. The molecule has 0 aromatic carbocycles. The first-order chi connectivity index (χ1) is 7.97. The van der Waals surface area contributed by atoms with Gasteiger partial charge in [0, 0.05) is 6.54 Å². The van der Waals surface area contributed by atoms with Crippen LogP contribution in [0.4, 0.5) is 0 Å². The van der Waals surface area contributed by atoms with Gasteiger partial charge in [-0.2, -0.15) is 0 Å². The van der Waals surface area contributed by atoms with Crippen LogP contribution in [0.15, 0.2) is 0 Å². The zero-order valence-corrected chi connectivity index (χ0v) is 12.0. The smallest absolute Gasteiger partial charge is 0.241 e. The summed E-state index contributed by atoms with van der Waals surface area (Å²) in [6.45, 7) is 11.8. The van der Waals surface area contributed by atoms with E-state index in [0.29, 0.717) is 17.7 Å². The number of rotatable bonds is 6. The second-order valence-corrected chi connectivity index (χ2v) is 5.92. The van der Waals surface area contributed by atoms with E-state index in [2.05, 4.69) is 44.8 Å². The Bertz CT molecular complexity index is 251. The van der Waals surface area contributed by atoms with Gasteiger partial charge < -0.3 is 4.90 Å². The average Bonchev–Trinajstić information content (AvgIpc) is 2.53. The lowest BCUT2D eigenvalue weighted by atomic mass is 10.0. The van der Waals surface area contributed by atoms with Gasteiger partial charge in [-0.3, -0.25) is 10.1 Å². The highest BCUT2D eigenvalue weighted by molar-refractivity contribution is 5.84. The van der Waals surface area contributed by atoms with E-state index in [1.165, 1.54) is 0 Å². The Labute approximate surface area is 106 Å². The van der Waals surface area contributed by atoms with Crippen LogP contribution in [-0.2, 0) is 4.79 Å². The molecular formula is C14H28N2O. The van der Waals surface area contributed by atoms with Crippen LogP contribution < -0.4 is 5.32 Å². The summed E-state index contributed by atoms with van der Waals surface area (Å²) in [5.41, 5.74) is 0. The molecule has 17 heavy (non-hydrogen) atoms. The molecule has 1 aliphatic rings. The van der Waals surface area contributed by atoms with Crippen molar-refractivity contribution in [2.45, 2.75) is 66.1 Å². The van der Waals surface area contributed by atoms with Gasteiger partial charge in [-0.05, 0) is 24.7 Å². The summed E-state index contributed by atoms with van der Waals surface area (Å²) in [5, 5.41) is 3.51. The number of unbranched alkanes of at least 4 members (excludes halogenated alkanes) is 1. The minimum Gasteiger partial charge on any atom is -0.326 e. The number of carbonyl (C=O) groups is 1. The van der Waals surface area contributed by atoms with Gasteiger partial charge >= 0.3 is 0 Å². The van der Waals surface area contributed by atoms with Crippen molar-refractivity contribution in [3.8, 4) is 0 Å². The van der Waals surface area contributed by atoms with Crippen LogP contribution in [0.5, 0.6) is 0 Å². The molecule has 1 amide bonds. The maximum Gasteiger partial charge on any atom is 0.241 e. The minimum absolute atomic E-state index is 0.0410. The number of nitrogens with one attached hydrogen (secondary N) is 1. The molecule has 1 saturated heterocycles. The van der Waals surface area contributed by atoms with E-state index in [9.17, 15) is 4.79 Å². The third-order valence-electron chi connectivity index (χ3n) is 3.38. The number of nitrogens with zero attached hydrogens (tertiary/aromatic N) is 1. The molecule has 0 spiro atoms. The summed E-state index contributed by atoms with van der Waals surface area (Å²) in [6.07, 6.45) is 3.43. The van der Waals surface area contributed by atoms with Gasteiger partial charge in [0.05, 0.1) is 12.2 Å². The number of amides is 1. The van der Waals surface area contributed by atoms with Crippen molar-refractivity contribution in [3.63, 3.8) is 0 Å². The van der Waals surface area contributed by atoms with Crippen molar-refractivity contribution in [3.05, 3.63) is 0 Å².